The Labute approximate surface area is 167 Å². The van der Waals surface area contributed by atoms with E-state index in [-0.39, 0.29) is 11.5 Å². The molecule has 0 N–H and O–H groups in total. The first kappa shape index (κ1) is 20.3. The Bertz CT molecular complexity index is 1110. The van der Waals surface area contributed by atoms with E-state index in [1.165, 1.54) is 18.2 Å². The molecule has 1 aromatic heterocycles. The first-order chi connectivity index (χ1) is 13.2. The molecule has 3 rings (SSSR count). The predicted octanol–water partition coefficient (Wildman–Crippen LogP) is 5.57. The van der Waals surface area contributed by atoms with E-state index in [4.69, 9.17) is 0 Å². The van der Waals surface area contributed by atoms with Crippen LogP contribution in [0.25, 0.3) is 10.9 Å². The zero-order valence-corrected chi connectivity index (χ0v) is 16.8. The molecule has 0 radical (unpaired) electrons. The van der Waals surface area contributed by atoms with Gasteiger partial charge < -0.3 is 0 Å². The molecule has 4 nitrogen and oxygen atoms in total. The summed E-state index contributed by atoms with van der Waals surface area (Å²) in [7, 11) is 0. The lowest BCUT2D eigenvalue weighted by Gasteiger charge is -2.14. The van der Waals surface area contributed by atoms with Gasteiger partial charge in [-0.2, -0.15) is 22.9 Å². The van der Waals surface area contributed by atoms with Crippen LogP contribution in [0.5, 0.6) is 0 Å². The van der Waals surface area contributed by atoms with Crippen LogP contribution in [0.3, 0.4) is 0 Å². The van der Waals surface area contributed by atoms with Crippen molar-refractivity contribution in [3.05, 3.63) is 74.2 Å². The average molecular weight is 452 g/mol. The van der Waals surface area contributed by atoms with E-state index in [2.05, 4.69) is 26.0 Å². The maximum Gasteiger partial charge on any atom is 0.417 e. The van der Waals surface area contributed by atoms with Crippen LogP contribution in [-0.2, 0) is 6.18 Å². The number of halogens is 4. The summed E-state index contributed by atoms with van der Waals surface area (Å²) in [6, 6.07) is 10.2. The molecular weight excluding hydrogens is 435 g/mol. The molecule has 0 aliphatic rings. The standard InChI is InChI=1S/C20H17BrF3N3O/c1-3-12(2)18-26-17-9-8-14(21)10-15(17)19(28)27(18)25-11-13-6-4-5-7-16(13)20(22,23)24/h4-12H,3H2,1-2H3/t12-/m0/s1. The van der Waals surface area contributed by atoms with Crippen LogP contribution in [0.2, 0.25) is 0 Å². The minimum Gasteiger partial charge on any atom is -0.267 e. The number of nitrogens with zero attached hydrogens (tertiary/aromatic N) is 3. The Hall–Kier alpha value is -2.48. The summed E-state index contributed by atoms with van der Waals surface area (Å²) in [5, 5.41) is 4.44. The highest BCUT2D eigenvalue weighted by Crippen LogP contribution is 2.31. The third-order valence-electron chi connectivity index (χ3n) is 4.47. The second kappa shape index (κ2) is 7.87. The van der Waals surface area contributed by atoms with Gasteiger partial charge in [0.1, 0.15) is 5.82 Å². The Morgan fingerprint density at radius 2 is 1.96 bits per heavy atom. The van der Waals surface area contributed by atoms with Crippen LogP contribution in [-0.4, -0.2) is 15.9 Å². The van der Waals surface area contributed by atoms with Crippen LogP contribution in [0, 0.1) is 0 Å². The summed E-state index contributed by atoms with van der Waals surface area (Å²) in [6.07, 6.45) is -2.76. The Kier molecular flexibility index (Phi) is 5.69. The largest absolute Gasteiger partial charge is 0.417 e. The van der Waals surface area contributed by atoms with Crippen molar-refractivity contribution in [2.75, 3.05) is 0 Å². The fourth-order valence-corrected chi connectivity index (χ4v) is 3.13. The van der Waals surface area contributed by atoms with Gasteiger partial charge in [-0.1, -0.05) is 48.0 Å². The average Bonchev–Trinajstić information content (AvgIpc) is 2.66. The molecule has 8 heteroatoms. The fourth-order valence-electron chi connectivity index (χ4n) is 2.77. The Morgan fingerprint density at radius 3 is 2.64 bits per heavy atom. The molecule has 0 bridgehead atoms. The summed E-state index contributed by atoms with van der Waals surface area (Å²) in [5.74, 6) is 0.304. The van der Waals surface area contributed by atoms with Crippen LogP contribution < -0.4 is 5.56 Å². The third-order valence-corrected chi connectivity index (χ3v) is 4.96. The van der Waals surface area contributed by atoms with Gasteiger partial charge in [0.15, 0.2) is 0 Å². The van der Waals surface area contributed by atoms with Crippen LogP contribution in [0.4, 0.5) is 13.2 Å². The fraction of sp³-hybridized carbons (Fsp3) is 0.250. The van der Waals surface area contributed by atoms with Crippen molar-refractivity contribution < 1.29 is 13.2 Å². The van der Waals surface area contributed by atoms with Gasteiger partial charge in [0.2, 0.25) is 0 Å². The SMILES string of the molecule is CC[C@H](C)c1nc2ccc(Br)cc2c(=O)n1N=Cc1ccccc1C(F)(F)F. The summed E-state index contributed by atoms with van der Waals surface area (Å²) in [6.45, 7) is 3.83. The predicted molar refractivity (Wildman–Crippen MR) is 107 cm³/mol. The molecule has 28 heavy (non-hydrogen) atoms. The van der Waals surface area contributed by atoms with Gasteiger partial charge >= 0.3 is 6.18 Å². The van der Waals surface area contributed by atoms with Gasteiger partial charge in [0.25, 0.3) is 5.56 Å². The first-order valence-electron chi connectivity index (χ1n) is 8.65. The number of benzene rings is 2. The minimum absolute atomic E-state index is 0.101. The molecule has 0 saturated heterocycles. The second-order valence-electron chi connectivity index (χ2n) is 6.39. The molecule has 0 saturated carbocycles. The van der Waals surface area contributed by atoms with Crippen LogP contribution in [0.15, 0.2) is 56.8 Å². The van der Waals surface area contributed by atoms with Gasteiger partial charge in [-0.15, -0.1) is 0 Å². The van der Waals surface area contributed by atoms with Crippen molar-refractivity contribution in [1.29, 1.82) is 0 Å². The second-order valence-corrected chi connectivity index (χ2v) is 7.30. The lowest BCUT2D eigenvalue weighted by molar-refractivity contribution is -0.137. The molecule has 0 unspecified atom stereocenters. The van der Waals surface area contributed by atoms with E-state index in [1.54, 1.807) is 18.2 Å². The highest BCUT2D eigenvalue weighted by Gasteiger charge is 2.32. The lowest BCUT2D eigenvalue weighted by Crippen LogP contribution is -2.24. The molecule has 2 aromatic carbocycles. The molecule has 3 aromatic rings. The van der Waals surface area contributed by atoms with Gasteiger partial charge in [-0.05, 0) is 30.7 Å². The van der Waals surface area contributed by atoms with Crippen molar-refractivity contribution in [3.8, 4) is 0 Å². The minimum atomic E-state index is -4.51. The van der Waals surface area contributed by atoms with E-state index < -0.39 is 17.3 Å². The zero-order valence-electron chi connectivity index (χ0n) is 15.2. The van der Waals surface area contributed by atoms with E-state index in [0.29, 0.717) is 27.6 Å². The van der Waals surface area contributed by atoms with E-state index in [9.17, 15) is 18.0 Å². The van der Waals surface area contributed by atoms with Crippen molar-refractivity contribution in [2.24, 2.45) is 5.10 Å². The zero-order chi connectivity index (χ0) is 20.5. The molecule has 0 aliphatic heterocycles. The van der Waals surface area contributed by atoms with Gasteiger partial charge in [-0.3, -0.25) is 4.79 Å². The molecular formula is C20H17BrF3N3O. The number of alkyl halides is 3. The number of hydrogen-bond donors (Lipinski definition) is 0. The summed E-state index contributed by atoms with van der Waals surface area (Å²) < 4.78 is 41.5. The third kappa shape index (κ3) is 4.01. The molecule has 146 valence electrons. The summed E-state index contributed by atoms with van der Waals surface area (Å²) in [4.78, 5) is 17.5. The first-order valence-corrected chi connectivity index (χ1v) is 9.44. The molecule has 0 aliphatic carbocycles. The van der Waals surface area contributed by atoms with E-state index in [0.717, 1.165) is 17.0 Å². The van der Waals surface area contributed by atoms with E-state index in [1.807, 2.05) is 13.8 Å². The smallest absolute Gasteiger partial charge is 0.267 e. The van der Waals surface area contributed by atoms with E-state index >= 15 is 0 Å². The summed E-state index contributed by atoms with van der Waals surface area (Å²) in [5.41, 5.74) is -0.840. The maximum absolute atomic E-state index is 13.2. The Morgan fingerprint density at radius 1 is 1.25 bits per heavy atom. The molecule has 0 spiro atoms. The number of fused-ring (bicyclic) bond motifs is 1. The van der Waals surface area contributed by atoms with Gasteiger partial charge in [-0.25, -0.2) is 4.98 Å². The lowest BCUT2D eigenvalue weighted by atomic mass is 10.1. The van der Waals surface area contributed by atoms with Gasteiger partial charge in [0.05, 0.1) is 22.7 Å². The topological polar surface area (TPSA) is 47.2 Å². The molecule has 1 atom stereocenters. The van der Waals surface area contributed by atoms with Gasteiger partial charge in [0, 0.05) is 16.0 Å². The van der Waals surface area contributed by atoms with Crippen molar-refractivity contribution in [1.82, 2.24) is 9.66 Å². The normalized spacial score (nSPS) is 13.4. The van der Waals surface area contributed by atoms with Crippen LogP contribution in [0.1, 0.15) is 43.1 Å². The monoisotopic (exact) mass is 451 g/mol. The molecule has 0 amide bonds. The number of rotatable bonds is 4. The Balaban J connectivity index is 2.21. The van der Waals surface area contributed by atoms with Crippen molar-refractivity contribution in [2.45, 2.75) is 32.4 Å². The molecule has 0 fully saturated rings. The van der Waals surface area contributed by atoms with Crippen LogP contribution >= 0.6 is 15.9 Å². The number of hydrogen-bond acceptors (Lipinski definition) is 3. The number of aromatic nitrogens is 2. The highest BCUT2D eigenvalue weighted by atomic mass is 79.9. The maximum atomic E-state index is 13.2. The quantitative estimate of drug-likeness (QED) is 0.486. The van der Waals surface area contributed by atoms with Crippen molar-refractivity contribution >= 4 is 33.0 Å². The molecule has 1 heterocycles. The summed E-state index contributed by atoms with van der Waals surface area (Å²) >= 11 is 3.32. The highest BCUT2D eigenvalue weighted by molar-refractivity contribution is 9.10. The van der Waals surface area contributed by atoms with Crippen molar-refractivity contribution in [3.63, 3.8) is 0 Å².